The number of aromatic nitrogens is 2. The van der Waals surface area contributed by atoms with Crippen LogP contribution in [0.4, 0.5) is 0 Å². The first-order valence-corrected chi connectivity index (χ1v) is 8.32. The smallest absolute Gasteiger partial charge is 0.218 e. The summed E-state index contributed by atoms with van der Waals surface area (Å²) >= 11 is 0. The second-order valence-corrected chi connectivity index (χ2v) is 5.09. The molecule has 0 aliphatic carbocycles. The summed E-state index contributed by atoms with van der Waals surface area (Å²) in [6.45, 7) is 6.68. The number of guanidine groups is 1. The van der Waals surface area contributed by atoms with Crippen molar-refractivity contribution in [1.82, 2.24) is 20.6 Å². The molecule has 0 aliphatic rings. The number of hydrogen-bond donors (Lipinski definition) is 2. The Balaban J connectivity index is 1.93. The highest BCUT2D eigenvalue weighted by atomic mass is 16.5. The molecule has 2 aromatic rings. The summed E-state index contributed by atoms with van der Waals surface area (Å²) in [6.07, 6.45) is 4.39. The van der Waals surface area contributed by atoms with Crippen LogP contribution in [0.2, 0.25) is 0 Å². The van der Waals surface area contributed by atoms with Gasteiger partial charge in [0.25, 0.3) is 0 Å². The minimum Gasteiger partial charge on any atom is -0.478 e. The molecule has 2 N–H and O–H groups in total. The predicted octanol–water partition coefficient (Wildman–Crippen LogP) is 2.17. The number of aliphatic imine (C=N–C) groups is 1. The molecule has 128 valence electrons. The van der Waals surface area contributed by atoms with Crippen molar-refractivity contribution < 1.29 is 4.74 Å². The minimum atomic E-state index is 0.516. The van der Waals surface area contributed by atoms with Gasteiger partial charge in [-0.2, -0.15) is 0 Å². The Hall–Kier alpha value is -2.63. The van der Waals surface area contributed by atoms with Crippen LogP contribution in [-0.4, -0.2) is 35.6 Å². The topological polar surface area (TPSA) is 71.4 Å². The van der Waals surface area contributed by atoms with Gasteiger partial charge in [-0.1, -0.05) is 12.1 Å². The van der Waals surface area contributed by atoms with Crippen molar-refractivity contribution in [3.63, 3.8) is 0 Å². The lowest BCUT2D eigenvalue weighted by molar-refractivity contribution is 0.323. The van der Waals surface area contributed by atoms with Gasteiger partial charge in [-0.15, -0.1) is 0 Å². The molecule has 0 unspecified atom stereocenters. The Labute approximate surface area is 143 Å². The van der Waals surface area contributed by atoms with Crippen LogP contribution in [0.3, 0.4) is 0 Å². The summed E-state index contributed by atoms with van der Waals surface area (Å²) < 4.78 is 5.54. The zero-order chi connectivity index (χ0) is 17.0. The highest BCUT2D eigenvalue weighted by molar-refractivity contribution is 5.79. The van der Waals surface area contributed by atoms with E-state index in [4.69, 9.17) is 4.74 Å². The van der Waals surface area contributed by atoms with Crippen molar-refractivity contribution in [3.05, 3.63) is 54.0 Å². The van der Waals surface area contributed by atoms with Gasteiger partial charge >= 0.3 is 0 Å². The molecule has 0 spiro atoms. The molecule has 0 aromatic carbocycles. The molecule has 6 heteroatoms. The first-order chi connectivity index (χ1) is 11.8. The monoisotopic (exact) mass is 327 g/mol. The van der Waals surface area contributed by atoms with Crippen molar-refractivity contribution in [2.24, 2.45) is 4.99 Å². The van der Waals surface area contributed by atoms with E-state index in [1.54, 1.807) is 6.20 Å². The maximum atomic E-state index is 5.54. The van der Waals surface area contributed by atoms with Crippen molar-refractivity contribution in [2.45, 2.75) is 26.8 Å². The third-order valence-corrected chi connectivity index (χ3v) is 3.28. The quantitative estimate of drug-likeness (QED) is 0.574. The first kappa shape index (κ1) is 17.7. The molecule has 0 fully saturated rings. The van der Waals surface area contributed by atoms with Crippen LogP contribution in [0.25, 0.3) is 0 Å². The van der Waals surface area contributed by atoms with E-state index in [2.05, 4.69) is 25.6 Å². The number of nitrogens with one attached hydrogen (secondary N) is 2. The van der Waals surface area contributed by atoms with E-state index in [9.17, 15) is 0 Å². The fourth-order valence-electron chi connectivity index (χ4n) is 2.17. The van der Waals surface area contributed by atoms with Gasteiger partial charge in [0.1, 0.15) is 0 Å². The van der Waals surface area contributed by atoms with Crippen LogP contribution in [-0.2, 0) is 13.0 Å². The average Bonchev–Trinajstić information content (AvgIpc) is 2.62. The van der Waals surface area contributed by atoms with E-state index in [0.717, 1.165) is 36.7 Å². The highest BCUT2D eigenvalue weighted by Crippen LogP contribution is 2.15. The molecule has 2 rings (SSSR count). The standard InChI is InChI=1S/C18H25N5O/c1-3-19-18(22-13-10-16-9-5-6-11-20-16)23-14-15-8-7-12-21-17(15)24-4-2/h5-9,11-12H,3-4,10,13-14H2,1-2H3,(H2,19,22,23). The van der Waals surface area contributed by atoms with Gasteiger partial charge in [-0.3, -0.25) is 4.98 Å². The molecular weight excluding hydrogens is 302 g/mol. The fourth-order valence-corrected chi connectivity index (χ4v) is 2.17. The maximum Gasteiger partial charge on any atom is 0.218 e. The van der Waals surface area contributed by atoms with Crippen molar-refractivity contribution in [3.8, 4) is 5.88 Å². The summed E-state index contributed by atoms with van der Waals surface area (Å²) in [4.78, 5) is 13.2. The molecule has 6 nitrogen and oxygen atoms in total. The second kappa shape index (κ2) is 10.2. The lowest BCUT2D eigenvalue weighted by atomic mass is 10.2. The molecule has 0 aliphatic heterocycles. The molecular formula is C18H25N5O. The highest BCUT2D eigenvalue weighted by Gasteiger charge is 2.04. The van der Waals surface area contributed by atoms with E-state index in [1.807, 2.05) is 50.4 Å². The first-order valence-electron chi connectivity index (χ1n) is 8.32. The normalized spacial score (nSPS) is 11.2. The summed E-state index contributed by atoms with van der Waals surface area (Å²) in [5.74, 6) is 1.42. The third-order valence-electron chi connectivity index (χ3n) is 3.28. The van der Waals surface area contributed by atoms with Gasteiger partial charge in [0.15, 0.2) is 5.96 Å². The van der Waals surface area contributed by atoms with E-state index in [0.29, 0.717) is 19.0 Å². The minimum absolute atomic E-state index is 0.516. The molecule has 2 aromatic heterocycles. The van der Waals surface area contributed by atoms with Crippen LogP contribution >= 0.6 is 0 Å². The number of rotatable bonds is 8. The van der Waals surface area contributed by atoms with Crippen LogP contribution in [0.1, 0.15) is 25.1 Å². The van der Waals surface area contributed by atoms with Gasteiger partial charge in [0.2, 0.25) is 5.88 Å². The largest absolute Gasteiger partial charge is 0.478 e. The molecule has 0 saturated carbocycles. The number of ether oxygens (including phenoxy) is 1. The van der Waals surface area contributed by atoms with Crippen molar-refractivity contribution in [2.75, 3.05) is 19.7 Å². The Bertz CT molecular complexity index is 630. The van der Waals surface area contributed by atoms with Crippen molar-refractivity contribution >= 4 is 5.96 Å². The summed E-state index contributed by atoms with van der Waals surface area (Å²) in [7, 11) is 0. The number of hydrogen-bond acceptors (Lipinski definition) is 4. The van der Waals surface area contributed by atoms with Crippen LogP contribution in [0.5, 0.6) is 5.88 Å². The molecule has 0 radical (unpaired) electrons. The molecule has 2 heterocycles. The lowest BCUT2D eigenvalue weighted by Crippen LogP contribution is -2.38. The van der Waals surface area contributed by atoms with Crippen LogP contribution in [0, 0.1) is 0 Å². The Morgan fingerprint density at radius 3 is 2.71 bits per heavy atom. The zero-order valence-corrected chi connectivity index (χ0v) is 14.3. The van der Waals surface area contributed by atoms with Gasteiger partial charge in [-0.25, -0.2) is 9.98 Å². The Kier molecular flexibility index (Phi) is 7.53. The predicted molar refractivity (Wildman–Crippen MR) is 96.2 cm³/mol. The molecule has 0 amide bonds. The molecule has 0 atom stereocenters. The van der Waals surface area contributed by atoms with E-state index in [-0.39, 0.29) is 0 Å². The van der Waals surface area contributed by atoms with Gasteiger partial charge < -0.3 is 15.4 Å². The van der Waals surface area contributed by atoms with E-state index in [1.165, 1.54) is 0 Å². The van der Waals surface area contributed by atoms with Gasteiger partial charge in [0, 0.05) is 43.2 Å². The summed E-state index contributed by atoms with van der Waals surface area (Å²) in [5.41, 5.74) is 2.04. The Morgan fingerprint density at radius 2 is 1.96 bits per heavy atom. The van der Waals surface area contributed by atoms with Crippen molar-refractivity contribution in [1.29, 1.82) is 0 Å². The fraction of sp³-hybridized carbons (Fsp3) is 0.389. The number of nitrogens with zero attached hydrogens (tertiary/aromatic N) is 3. The van der Waals surface area contributed by atoms with Crippen LogP contribution < -0.4 is 15.4 Å². The SMILES string of the molecule is CCNC(=NCc1cccnc1OCC)NCCc1ccccn1. The van der Waals surface area contributed by atoms with Gasteiger partial charge in [-0.05, 0) is 32.0 Å². The maximum absolute atomic E-state index is 5.54. The Morgan fingerprint density at radius 1 is 1.08 bits per heavy atom. The number of pyridine rings is 2. The van der Waals surface area contributed by atoms with E-state index < -0.39 is 0 Å². The van der Waals surface area contributed by atoms with Crippen LogP contribution in [0.15, 0.2) is 47.7 Å². The second-order valence-electron chi connectivity index (χ2n) is 5.09. The van der Waals surface area contributed by atoms with Gasteiger partial charge in [0.05, 0.1) is 13.2 Å². The molecule has 24 heavy (non-hydrogen) atoms. The molecule has 0 bridgehead atoms. The molecule has 0 saturated heterocycles. The summed E-state index contributed by atoms with van der Waals surface area (Å²) in [6, 6.07) is 9.83. The average molecular weight is 327 g/mol. The van der Waals surface area contributed by atoms with E-state index >= 15 is 0 Å². The third kappa shape index (κ3) is 5.87. The lowest BCUT2D eigenvalue weighted by Gasteiger charge is -2.12. The zero-order valence-electron chi connectivity index (χ0n) is 14.3. The summed E-state index contributed by atoms with van der Waals surface area (Å²) in [5, 5.41) is 6.58.